The molecule has 1 aromatic carbocycles. The minimum atomic E-state index is -3.82. The van der Waals surface area contributed by atoms with Crippen molar-refractivity contribution in [2.75, 3.05) is 5.75 Å². The Balaban J connectivity index is 3.53. The maximum Gasteiger partial charge on any atom is 0.288 e. The third-order valence-electron chi connectivity index (χ3n) is 3.07. The molecule has 0 bridgehead atoms. The number of sulfone groups is 1. The highest BCUT2D eigenvalue weighted by Gasteiger charge is 2.28. The molecule has 0 aliphatic rings. The fourth-order valence-electron chi connectivity index (χ4n) is 1.91. The van der Waals surface area contributed by atoms with Crippen molar-refractivity contribution < 1.29 is 18.1 Å². The topological polar surface area (TPSA) is 159 Å². The maximum absolute atomic E-state index is 12.3. The van der Waals surface area contributed by atoms with Crippen LogP contribution in [-0.2, 0) is 9.84 Å². The second-order valence-electron chi connectivity index (χ2n) is 4.91. The number of hydrogen-bond acceptors (Lipinski definition) is 5. The van der Waals surface area contributed by atoms with Gasteiger partial charge in [-0.05, 0) is 25.0 Å². The van der Waals surface area contributed by atoms with E-state index in [1.807, 2.05) is 6.92 Å². The monoisotopic (exact) mass is 342 g/mol. The third-order valence-corrected chi connectivity index (χ3v) is 4.89. The summed E-state index contributed by atoms with van der Waals surface area (Å²) < 4.78 is 24.5. The second kappa shape index (κ2) is 7.18. The number of amides is 1. The lowest BCUT2D eigenvalue weighted by molar-refractivity contribution is -0.387. The molecule has 126 valence electrons. The molecule has 0 radical (unpaired) electrons. The Kier molecular flexibility index (Phi) is 5.79. The summed E-state index contributed by atoms with van der Waals surface area (Å²) in [5.74, 6) is -1.56. The van der Waals surface area contributed by atoms with Gasteiger partial charge in [-0.1, -0.05) is 13.3 Å². The Hall–Kier alpha value is -2.49. The van der Waals surface area contributed by atoms with E-state index in [0.717, 1.165) is 12.1 Å². The number of nitro benzene ring substituents is 1. The number of carbonyl (C=O) groups excluding carboxylic acids is 1. The van der Waals surface area contributed by atoms with E-state index >= 15 is 0 Å². The first-order chi connectivity index (χ1) is 10.6. The van der Waals surface area contributed by atoms with Crippen LogP contribution in [0.5, 0.6) is 0 Å². The Bertz CT molecular complexity index is 767. The molecule has 0 saturated heterocycles. The van der Waals surface area contributed by atoms with Gasteiger partial charge in [0.25, 0.3) is 11.6 Å². The highest BCUT2D eigenvalue weighted by molar-refractivity contribution is 7.91. The number of rotatable bonds is 6. The minimum absolute atomic E-state index is 0.125. The van der Waals surface area contributed by atoms with Gasteiger partial charge in [-0.25, -0.2) is 8.42 Å². The number of aryl methyl sites for hydroxylation is 1. The Morgan fingerprint density at radius 2 is 1.96 bits per heavy atom. The first-order valence-corrected chi connectivity index (χ1v) is 8.41. The molecule has 4 N–H and O–H groups in total. The van der Waals surface area contributed by atoms with Crippen molar-refractivity contribution in [2.24, 2.45) is 16.5 Å². The van der Waals surface area contributed by atoms with E-state index < -0.39 is 37.2 Å². The average Bonchev–Trinajstić information content (AvgIpc) is 2.43. The van der Waals surface area contributed by atoms with Gasteiger partial charge in [0.05, 0.1) is 16.2 Å². The van der Waals surface area contributed by atoms with E-state index in [9.17, 15) is 23.3 Å². The summed E-state index contributed by atoms with van der Waals surface area (Å²) in [7, 11) is -3.82. The van der Waals surface area contributed by atoms with Crippen molar-refractivity contribution in [3.63, 3.8) is 0 Å². The standard InChI is InChI=1S/C13H18N4O5S/c1-3-4-5-23(21,22)11-6-8(2)9(7-10(11)17(19)20)12(18)16-13(14)15/h6-7H,3-5H2,1-2H3,(H4,14,15,16,18). The van der Waals surface area contributed by atoms with Crippen LogP contribution in [0, 0.1) is 17.0 Å². The van der Waals surface area contributed by atoms with Crippen molar-refractivity contribution in [1.29, 1.82) is 0 Å². The molecule has 9 nitrogen and oxygen atoms in total. The van der Waals surface area contributed by atoms with Gasteiger partial charge < -0.3 is 11.5 Å². The molecule has 0 unspecified atom stereocenters. The summed E-state index contributed by atoms with van der Waals surface area (Å²) in [6, 6.07) is 2.00. The molecule has 1 rings (SSSR count). The lowest BCUT2D eigenvalue weighted by Crippen LogP contribution is -2.24. The van der Waals surface area contributed by atoms with Crippen LogP contribution >= 0.6 is 0 Å². The predicted octanol–water partition coefficient (Wildman–Crippen LogP) is 0.891. The lowest BCUT2D eigenvalue weighted by Gasteiger charge is -2.08. The van der Waals surface area contributed by atoms with Gasteiger partial charge in [0.15, 0.2) is 15.8 Å². The van der Waals surface area contributed by atoms with Gasteiger partial charge in [0, 0.05) is 6.07 Å². The van der Waals surface area contributed by atoms with Crippen molar-refractivity contribution in [1.82, 2.24) is 0 Å². The summed E-state index contributed by atoms with van der Waals surface area (Å²) in [6.45, 7) is 3.27. The SMILES string of the molecule is CCCCS(=O)(=O)c1cc(C)c(C(=O)N=C(N)N)cc1[N+](=O)[O-]. The predicted molar refractivity (Wildman–Crippen MR) is 84.9 cm³/mol. The van der Waals surface area contributed by atoms with Gasteiger partial charge in [0.1, 0.15) is 4.90 Å². The Morgan fingerprint density at radius 3 is 2.43 bits per heavy atom. The second-order valence-corrected chi connectivity index (χ2v) is 6.98. The van der Waals surface area contributed by atoms with E-state index in [0.29, 0.717) is 12.8 Å². The summed E-state index contributed by atoms with van der Waals surface area (Å²) in [5.41, 5.74) is 9.67. The van der Waals surface area contributed by atoms with Gasteiger partial charge >= 0.3 is 0 Å². The van der Waals surface area contributed by atoms with E-state index in [4.69, 9.17) is 11.5 Å². The van der Waals surface area contributed by atoms with Crippen LogP contribution in [0.3, 0.4) is 0 Å². The number of guanidine groups is 1. The highest BCUT2D eigenvalue weighted by atomic mass is 32.2. The van der Waals surface area contributed by atoms with Crippen LogP contribution in [0.25, 0.3) is 0 Å². The fourth-order valence-corrected chi connectivity index (χ4v) is 3.61. The molecule has 10 heteroatoms. The molecule has 0 heterocycles. The van der Waals surface area contributed by atoms with Crippen LogP contribution in [0.4, 0.5) is 5.69 Å². The van der Waals surface area contributed by atoms with E-state index in [2.05, 4.69) is 4.99 Å². The van der Waals surface area contributed by atoms with E-state index in [-0.39, 0.29) is 16.9 Å². The van der Waals surface area contributed by atoms with Crippen LogP contribution < -0.4 is 11.5 Å². The summed E-state index contributed by atoms with van der Waals surface area (Å²) in [5, 5.41) is 11.2. The van der Waals surface area contributed by atoms with Crippen LogP contribution in [0.15, 0.2) is 22.0 Å². The Labute approximate surface area is 133 Å². The summed E-state index contributed by atoms with van der Waals surface area (Å²) >= 11 is 0. The molecule has 0 aromatic heterocycles. The molecular weight excluding hydrogens is 324 g/mol. The molecule has 0 spiro atoms. The fraction of sp³-hybridized carbons (Fsp3) is 0.385. The number of nitro groups is 1. The quantitative estimate of drug-likeness (QED) is 0.336. The minimum Gasteiger partial charge on any atom is -0.370 e. The molecule has 23 heavy (non-hydrogen) atoms. The molecule has 0 saturated carbocycles. The molecule has 1 aromatic rings. The van der Waals surface area contributed by atoms with E-state index in [1.165, 1.54) is 6.92 Å². The molecular formula is C13H18N4O5S. The van der Waals surface area contributed by atoms with Gasteiger partial charge in [0.2, 0.25) is 0 Å². The zero-order chi connectivity index (χ0) is 17.8. The molecule has 1 amide bonds. The van der Waals surface area contributed by atoms with Crippen molar-refractivity contribution >= 4 is 27.4 Å². The average molecular weight is 342 g/mol. The van der Waals surface area contributed by atoms with Gasteiger partial charge in [-0.15, -0.1) is 0 Å². The zero-order valence-electron chi connectivity index (χ0n) is 12.8. The number of aliphatic imine (C=N–C) groups is 1. The maximum atomic E-state index is 12.3. The van der Waals surface area contributed by atoms with Crippen LogP contribution in [0.2, 0.25) is 0 Å². The van der Waals surface area contributed by atoms with Crippen LogP contribution in [-0.4, -0.2) is 31.0 Å². The molecule has 0 atom stereocenters. The summed E-state index contributed by atoms with van der Waals surface area (Å²) in [4.78, 5) is 25.1. The highest BCUT2D eigenvalue weighted by Crippen LogP contribution is 2.29. The molecule has 0 aliphatic heterocycles. The molecule has 0 fully saturated rings. The third kappa shape index (κ3) is 4.49. The van der Waals surface area contributed by atoms with Crippen LogP contribution in [0.1, 0.15) is 35.7 Å². The molecule has 0 aliphatic carbocycles. The number of nitrogens with zero attached hydrogens (tertiary/aromatic N) is 2. The lowest BCUT2D eigenvalue weighted by atomic mass is 10.1. The van der Waals surface area contributed by atoms with Crippen molar-refractivity contribution in [3.8, 4) is 0 Å². The normalized spacial score (nSPS) is 11.0. The van der Waals surface area contributed by atoms with Gasteiger partial charge in [-0.3, -0.25) is 14.9 Å². The van der Waals surface area contributed by atoms with Crippen molar-refractivity contribution in [2.45, 2.75) is 31.6 Å². The van der Waals surface area contributed by atoms with E-state index in [1.54, 1.807) is 0 Å². The smallest absolute Gasteiger partial charge is 0.288 e. The number of unbranched alkanes of at least 4 members (excludes halogenated alkanes) is 1. The number of nitrogens with two attached hydrogens (primary N) is 2. The number of hydrogen-bond donors (Lipinski definition) is 2. The summed E-state index contributed by atoms with van der Waals surface area (Å²) in [6.07, 6.45) is 1.01. The number of benzene rings is 1. The number of carbonyl (C=O) groups is 1. The largest absolute Gasteiger partial charge is 0.370 e. The first kappa shape index (κ1) is 18.6. The zero-order valence-corrected chi connectivity index (χ0v) is 13.6. The van der Waals surface area contributed by atoms with Crippen molar-refractivity contribution in [3.05, 3.63) is 33.4 Å². The first-order valence-electron chi connectivity index (χ1n) is 6.76. The van der Waals surface area contributed by atoms with Gasteiger partial charge in [-0.2, -0.15) is 4.99 Å². The Morgan fingerprint density at radius 1 is 1.35 bits per heavy atom.